The van der Waals surface area contributed by atoms with Crippen LogP contribution in [0.2, 0.25) is 0 Å². The molecule has 0 aromatic carbocycles. The summed E-state index contributed by atoms with van der Waals surface area (Å²) in [6.45, 7) is -9.51. The largest absolute Gasteiger partial charge is 1.00 e. The molecule has 53 heavy (non-hydrogen) atoms. The monoisotopic (exact) mass is 833 g/mol. The molecule has 0 amide bonds. The van der Waals surface area contributed by atoms with Crippen molar-refractivity contribution in [2.75, 3.05) is 37.4 Å². The number of nitrogens with one attached hydrogen (secondary N) is 1. The Morgan fingerprint density at radius 1 is 1.04 bits per heavy atom. The number of nitrogens with zero attached hydrogens (tertiary/aromatic N) is 7. The van der Waals surface area contributed by atoms with Crippen LogP contribution in [0.5, 0.6) is 0 Å². The molecule has 0 spiro atoms. The molecule has 276 valence electrons. The first-order valence-corrected chi connectivity index (χ1v) is 21.4. The van der Waals surface area contributed by atoms with Gasteiger partial charge in [0.1, 0.15) is 54.7 Å². The summed E-state index contributed by atoms with van der Waals surface area (Å²) in [5, 5.41) is 15.4. The van der Waals surface area contributed by atoms with Crippen LogP contribution in [0.25, 0.3) is 22.2 Å². The second-order valence-electron chi connectivity index (χ2n) is 12.5. The van der Waals surface area contributed by atoms with E-state index in [1.807, 2.05) is 6.20 Å². The molecule has 2 bridgehead atoms. The second kappa shape index (κ2) is 16.8. The summed E-state index contributed by atoms with van der Waals surface area (Å²) in [5.41, 5.74) is 14.4. The van der Waals surface area contributed by atoms with Gasteiger partial charge in [-0.3, -0.25) is 13.6 Å². The third kappa shape index (κ3) is 8.30. The molecule has 26 heteroatoms. The first kappa shape index (κ1) is 42.2. The van der Waals surface area contributed by atoms with Gasteiger partial charge in [0, 0.05) is 24.7 Å². The third-order valence-corrected chi connectivity index (χ3v) is 12.3. The maximum Gasteiger partial charge on any atom is 1.00 e. The van der Waals surface area contributed by atoms with Crippen molar-refractivity contribution >= 4 is 71.5 Å². The standard InChI is InChI=1S/C27H35FN10O9P2S2.2Na/c28-17-14-8-42-48(40,50)46-20-15(45-25(19(20)39)37-7-12-3-1-2-4-13-16(12)23(37)33-10-32-13)9-43-49(41,51)47-21(17)26(44-14)38-11-34-18-22(30)35-27(31-6-5-29)36-24(18)38;;/h7,10-11,14-15,17,19-21,25-26,39H,1-6,8-9,29H2,(H,40,50)(H,41,51)(H3,30,31,35,36);;/q;2*+1/p-1/t14-,15-,17-,19-,20-,21-,25-,26-,48?,49?;;/m1../s1. The number of hydrogen-bond donors (Lipinski definition) is 5. The van der Waals surface area contributed by atoms with Crippen LogP contribution in [-0.2, 0) is 56.8 Å². The number of aliphatic hydroxyl groups is 1. The van der Waals surface area contributed by atoms with E-state index in [0.717, 1.165) is 42.3 Å². The van der Waals surface area contributed by atoms with E-state index in [2.05, 4.69) is 42.5 Å². The van der Waals surface area contributed by atoms with E-state index >= 15 is 4.39 Å². The zero-order valence-corrected chi connectivity index (χ0v) is 36.1. The number of alkyl halides is 1. The first-order valence-electron chi connectivity index (χ1n) is 16.1. The minimum absolute atomic E-state index is 0. The Hall–Kier alpha value is -0.430. The molecule has 3 fully saturated rings. The normalized spacial score (nSPS) is 34.6. The molecule has 10 atom stereocenters. The fraction of sp³-hybridized carbons (Fsp3) is 0.593. The Bertz CT molecular complexity index is 2070. The van der Waals surface area contributed by atoms with Crippen molar-refractivity contribution in [3.63, 3.8) is 0 Å². The van der Waals surface area contributed by atoms with Crippen LogP contribution in [0.1, 0.15) is 36.6 Å². The summed E-state index contributed by atoms with van der Waals surface area (Å²) in [5.74, 6) is 0.146. The molecule has 19 nitrogen and oxygen atoms in total. The number of halogens is 1. The Kier molecular flexibility index (Phi) is 13.4. The van der Waals surface area contributed by atoms with Gasteiger partial charge >= 0.3 is 65.9 Å². The summed E-state index contributed by atoms with van der Waals surface area (Å²) in [4.78, 5) is 35.3. The van der Waals surface area contributed by atoms with Gasteiger partial charge in [0.15, 0.2) is 30.1 Å². The van der Waals surface area contributed by atoms with Crippen molar-refractivity contribution in [2.24, 2.45) is 5.73 Å². The van der Waals surface area contributed by atoms with E-state index in [4.69, 9.17) is 50.8 Å². The first-order chi connectivity index (χ1) is 24.4. The van der Waals surface area contributed by atoms with E-state index < -0.39 is 75.9 Å². The SMILES string of the molecule is NCCNc1nc(N)c2ncn([C@@H]3O[C@@H]4COP([O-])(=S)O[C@H]5[C@@H](O)[C@H](n6cc7c8c(ncnc86)CCCC7)O[C@@H]5COP(=O)(S)O[C@@H]3[C@@H]4F)c2n1.[Na+].[Na+]. The number of imidazole rings is 1. The molecule has 2 unspecified atom stereocenters. The molecule has 0 saturated carbocycles. The topological polar surface area (TPSA) is 254 Å². The average Bonchev–Trinajstić information content (AvgIpc) is 3.79. The van der Waals surface area contributed by atoms with E-state index in [1.54, 1.807) is 4.57 Å². The van der Waals surface area contributed by atoms with Crippen LogP contribution in [0, 0.1) is 0 Å². The predicted octanol–water partition coefficient (Wildman–Crippen LogP) is -4.96. The number of aliphatic hydroxyl groups excluding tert-OH is 1. The van der Waals surface area contributed by atoms with Crippen molar-refractivity contribution in [2.45, 2.75) is 74.8 Å². The molecule has 4 aromatic rings. The minimum atomic E-state index is -4.46. The summed E-state index contributed by atoms with van der Waals surface area (Å²) in [6, 6.07) is 0. The molecule has 7 heterocycles. The molecule has 3 aliphatic heterocycles. The van der Waals surface area contributed by atoms with Gasteiger partial charge in [-0.05, 0) is 31.2 Å². The number of nitrogen functional groups attached to an aromatic ring is 1. The van der Waals surface area contributed by atoms with E-state index in [0.29, 0.717) is 12.2 Å². The molecule has 6 N–H and O–H groups in total. The quantitative estimate of drug-likeness (QED) is 0.0717. The zero-order valence-electron chi connectivity index (χ0n) is 28.6. The van der Waals surface area contributed by atoms with E-state index in [1.165, 1.54) is 17.2 Å². The maximum atomic E-state index is 16.1. The molecular weight excluding hydrogens is 799 g/mol. The number of aromatic nitrogens is 7. The van der Waals surface area contributed by atoms with Gasteiger partial charge in [-0.25, -0.2) is 23.9 Å². The van der Waals surface area contributed by atoms with Crippen LogP contribution in [-0.4, -0.2) is 102 Å². The van der Waals surface area contributed by atoms with Crippen molar-refractivity contribution in [3.8, 4) is 0 Å². The molecule has 1 aliphatic carbocycles. The van der Waals surface area contributed by atoms with Crippen molar-refractivity contribution < 1.29 is 106 Å². The maximum absolute atomic E-state index is 16.1. The van der Waals surface area contributed by atoms with Crippen LogP contribution >= 0.6 is 25.8 Å². The van der Waals surface area contributed by atoms with E-state index in [9.17, 15) is 14.6 Å². The summed E-state index contributed by atoms with van der Waals surface area (Å²) in [7, 11) is 0. The number of ether oxygens (including phenoxy) is 2. The second-order valence-corrected chi connectivity index (χ2v) is 18.1. The van der Waals surface area contributed by atoms with Crippen LogP contribution in [0.3, 0.4) is 0 Å². The van der Waals surface area contributed by atoms with Gasteiger partial charge < -0.3 is 49.9 Å². The minimum Gasteiger partial charge on any atom is -0.780 e. The van der Waals surface area contributed by atoms with Gasteiger partial charge in [0.2, 0.25) is 5.95 Å². The van der Waals surface area contributed by atoms with Gasteiger partial charge in [-0.2, -0.15) is 9.97 Å². The van der Waals surface area contributed by atoms with Gasteiger partial charge in [0.05, 0.1) is 25.2 Å². The molecule has 8 rings (SSSR count). The molecule has 4 aliphatic rings. The molecular formula is C27H34FN10Na2O9P2S2+. The van der Waals surface area contributed by atoms with Gasteiger partial charge in [0.25, 0.3) is 0 Å². The number of fused-ring (bicyclic) bond motifs is 4. The van der Waals surface area contributed by atoms with E-state index in [-0.39, 0.29) is 88.6 Å². The smallest absolute Gasteiger partial charge is 0.780 e. The fourth-order valence-corrected chi connectivity index (χ4v) is 9.75. The summed E-state index contributed by atoms with van der Waals surface area (Å²) >= 11 is 9.34. The van der Waals surface area contributed by atoms with Crippen molar-refractivity contribution in [1.29, 1.82) is 0 Å². The number of thiol groups is 1. The van der Waals surface area contributed by atoms with Crippen LogP contribution in [0.4, 0.5) is 16.2 Å². The van der Waals surface area contributed by atoms with Gasteiger partial charge in [-0.1, -0.05) is 24.1 Å². The Morgan fingerprint density at radius 3 is 2.58 bits per heavy atom. The molecule has 4 aromatic heterocycles. The van der Waals surface area contributed by atoms with Crippen LogP contribution < -0.4 is 80.8 Å². The Labute approximate surface area is 356 Å². The third-order valence-electron chi connectivity index (χ3n) is 9.18. The Morgan fingerprint density at radius 2 is 1.79 bits per heavy atom. The zero-order chi connectivity index (χ0) is 35.7. The predicted molar refractivity (Wildman–Crippen MR) is 183 cm³/mol. The van der Waals surface area contributed by atoms with Crippen LogP contribution in [0.15, 0.2) is 18.9 Å². The number of nitrogens with two attached hydrogens (primary N) is 2. The average molecular weight is 834 g/mol. The summed E-state index contributed by atoms with van der Waals surface area (Å²) in [6.07, 6.45) is -3.70. The number of rotatable bonds is 5. The number of aryl methyl sites for hydroxylation is 2. The van der Waals surface area contributed by atoms with Crippen molar-refractivity contribution in [1.82, 2.24) is 34.1 Å². The number of hydrogen-bond acceptors (Lipinski definition) is 18. The van der Waals surface area contributed by atoms with Crippen molar-refractivity contribution in [3.05, 3.63) is 30.1 Å². The molecule has 3 saturated heterocycles. The molecule has 0 radical (unpaired) electrons. The summed E-state index contributed by atoms with van der Waals surface area (Å²) < 4.78 is 67.6. The Balaban J connectivity index is 0.00000240. The number of anilines is 2. The van der Waals surface area contributed by atoms with Gasteiger partial charge in [-0.15, -0.1) is 0 Å². The fourth-order valence-electron chi connectivity index (χ4n) is 6.87.